The van der Waals surface area contributed by atoms with Crippen LogP contribution < -0.4 is 0 Å². The lowest BCUT2D eigenvalue weighted by molar-refractivity contribution is 0.428. The molecular formula is C52H39N3O. The molecule has 2 aromatic heterocycles. The van der Waals surface area contributed by atoms with Crippen molar-refractivity contribution in [2.75, 3.05) is 0 Å². The average Bonchev–Trinajstić information content (AvgIpc) is 3.95. The van der Waals surface area contributed by atoms with E-state index < -0.39 is 119 Å². The SMILES string of the molecule is [2H]c1c([2H])c([2H])c(C2c3c([2H])c([2H])c([2H])c([2H])c3-c3c([2H])c(-c4c([2H])c([2H])c(-c5ccc6c(c5)oc5cc(-c7nc(-c8ccccc8)nc(C8CCCCC8)n7)ccc56)c([2H])c4[2H])c([2H])c([2H])c32)c([2H])c1[2H]. The molecule has 0 N–H and O–H groups in total. The van der Waals surface area contributed by atoms with Crippen molar-refractivity contribution < 1.29 is 26.3 Å². The monoisotopic (exact) mass is 737 g/mol. The molecule has 1 saturated carbocycles. The van der Waals surface area contributed by atoms with Crippen molar-refractivity contribution in [3.05, 3.63) is 186 Å². The summed E-state index contributed by atoms with van der Waals surface area (Å²) in [5.41, 5.74) is 0.0104. The molecule has 56 heavy (non-hydrogen) atoms. The number of rotatable bonds is 6. The molecule has 2 heterocycles. The maximum atomic E-state index is 9.61. The molecule has 11 rings (SSSR count). The van der Waals surface area contributed by atoms with Gasteiger partial charge in [0.2, 0.25) is 0 Å². The zero-order valence-corrected chi connectivity index (χ0v) is 29.8. The standard InChI is InChI=1S/C52H39N3O/c1-4-12-35(13-5-1)49-44-19-11-10-18-41(44)46-30-38(25-29-45(46)49)33-20-22-34(23-21-33)39-24-27-42-43-28-26-40(32-48(43)56-47(42)31-39)52-54-50(36-14-6-2-7-15-36)53-51(55-52)37-16-8-3-9-17-37/h1-2,4-7,10-15,18-32,37,49H,3,8-9,16-17H2/i1D,4D,5D,10D,11D,12D,13D,18D,19D,20D,21D,22D,23D,25D,29D,30D. The topological polar surface area (TPSA) is 51.8 Å². The largest absolute Gasteiger partial charge is 0.456 e. The van der Waals surface area contributed by atoms with Crippen molar-refractivity contribution in [3.8, 4) is 56.2 Å². The molecule has 1 atom stereocenters. The summed E-state index contributed by atoms with van der Waals surface area (Å²) in [4.78, 5) is 14.8. The fourth-order valence-electron chi connectivity index (χ4n) is 7.96. The Morgan fingerprint density at radius 3 is 1.89 bits per heavy atom. The van der Waals surface area contributed by atoms with Crippen LogP contribution in [-0.2, 0) is 0 Å². The molecule has 268 valence electrons. The fraction of sp³-hybridized carbons (Fsp3) is 0.135. The van der Waals surface area contributed by atoms with Gasteiger partial charge in [0, 0.05) is 33.7 Å². The highest BCUT2D eigenvalue weighted by Gasteiger charge is 2.30. The predicted octanol–water partition coefficient (Wildman–Crippen LogP) is 13.6. The van der Waals surface area contributed by atoms with Crippen LogP contribution in [0.2, 0.25) is 0 Å². The van der Waals surface area contributed by atoms with Gasteiger partial charge in [-0.2, -0.15) is 0 Å². The molecule has 1 fully saturated rings. The third-order valence-electron chi connectivity index (χ3n) is 10.7. The van der Waals surface area contributed by atoms with E-state index in [9.17, 15) is 9.60 Å². The highest BCUT2D eigenvalue weighted by molar-refractivity contribution is 6.06. The highest BCUT2D eigenvalue weighted by Crippen LogP contribution is 2.49. The molecule has 0 spiro atoms. The summed E-state index contributed by atoms with van der Waals surface area (Å²) in [7, 11) is 0. The highest BCUT2D eigenvalue weighted by atomic mass is 16.3. The van der Waals surface area contributed by atoms with Crippen LogP contribution in [0.15, 0.2) is 168 Å². The number of benzene rings is 7. The molecule has 1 unspecified atom stereocenters. The first-order valence-corrected chi connectivity index (χ1v) is 18.6. The minimum absolute atomic E-state index is 0.114. The van der Waals surface area contributed by atoms with Crippen molar-refractivity contribution in [1.82, 2.24) is 15.0 Å². The molecular weight excluding hydrogens is 683 g/mol. The van der Waals surface area contributed by atoms with Crippen LogP contribution in [-0.4, -0.2) is 15.0 Å². The average molecular weight is 738 g/mol. The van der Waals surface area contributed by atoms with Gasteiger partial charge in [-0.1, -0.05) is 152 Å². The number of aromatic nitrogens is 3. The van der Waals surface area contributed by atoms with E-state index in [0.29, 0.717) is 28.4 Å². The number of nitrogens with zero attached hydrogens (tertiary/aromatic N) is 3. The maximum absolute atomic E-state index is 9.61. The molecule has 0 aliphatic heterocycles. The van der Waals surface area contributed by atoms with Gasteiger partial charge in [-0.3, -0.25) is 0 Å². The van der Waals surface area contributed by atoms with E-state index in [1.54, 1.807) is 18.2 Å². The Bertz CT molecular complexity index is 3780. The Balaban J connectivity index is 1.04. The van der Waals surface area contributed by atoms with Crippen molar-refractivity contribution >= 4 is 21.9 Å². The quantitative estimate of drug-likeness (QED) is 0.170. The molecule has 2 aliphatic rings. The van der Waals surface area contributed by atoms with E-state index in [1.165, 1.54) is 6.42 Å². The Hall–Kier alpha value is -6.65. The van der Waals surface area contributed by atoms with Crippen LogP contribution in [0.25, 0.3) is 78.1 Å². The summed E-state index contributed by atoms with van der Waals surface area (Å²) < 4.78 is 150. The molecule has 2 aliphatic carbocycles. The number of furan rings is 1. The second kappa shape index (κ2) is 13.6. The minimum atomic E-state index is -1.62. The minimum Gasteiger partial charge on any atom is -0.456 e. The number of hydrogen-bond acceptors (Lipinski definition) is 4. The lowest BCUT2D eigenvalue weighted by Crippen LogP contribution is -2.11. The molecule has 7 aromatic carbocycles. The van der Waals surface area contributed by atoms with E-state index in [2.05, 4.69) is 0 Å². The third-order valence-corrected chi connectivity index (χ3v) is 10.7. The Morgan fingerprint density at radius 2 is 1.12 bits per heavy atom. The fourth-order valence-corrected chi connectivity index (χ4v) is 7.96. The third kappa shape index (κ3) is 5.72. The molecule has 4 heteroatoms. The van der Waals surface area contributed by atoms with E-state index in [0.717, 1.165) is 47.8 Å². The summed E-state index contributed by atoms with van der Waals surface area (Å²) in [5.74, 6) is 0.444. The zero-order valence-electron chi connectivity index (χ0n) is 45.8. The van der Waals surface area contributed by atoms with Gasteiger partial charge in [0.15, 0.2) is 11.6 Å². The number of hydrogen-bond donors (Lipinski definition) is 0. The Kier molecular flexibility index (Phi) is 4.93. The van der Waals surface area contributed by atoms with Crippen molar-refractivity contribution in [2.24, 2.45) is 0 Å². The normalized spacial score (nSPS) is 19.2. The second-order valence-corrected chi connectivity index (χ2v) is 14.1. The van der Waals surface area contributed by atoms with Gasteiger partial charge in [0.05, 0.1) is 21.9 Å². The van der Waals surface area contributed by atoms with Crippen molar-refractivity contribution in [3.63, 3.8) is 0 Å². The van der Waals surface area contributed by atoms with Crippen LogP contribution >= 0.6 is 0 Å². The Labute approximate surface area is 349 Å². The van der Waals surface area contributed by atoms with Gasteiger partial charge < -0.3 is 4.42 Å². The summed E-state index contributed by atoms with van der Waals surface area (Å²) in [6, 6.07) is 9.63. The van der Waals surface area contributed by atoms with Gasteiger partial charge in [0.1, 0.15) is 17.0 Å². The Morgan fingerprint density at radius 1 is 0.500 bits per heavy atom. The summed E-state index contributed by atoms with van der Waals surface area (Å²) in [6.45, 7) is 0. The van der Waals surface area contributed by atoms with E-state index in [1.807, 2.05) is 48.5 Å². The van der Waals surface area contributed by atoms with Crippen molar-refractivity contribution in [2.45, 2.75) is 43.9 Å². The predicted molar refractivity (Wildman–Crippen MR) is 227 cm³/mol. The number of fused-ring (bicyclic) bond motifs is 6. The summed E-state index contributed by atoms with van der Waals surface area (Å²) >= 11 is 0. The van der Waals surface area contributed by atoms with Crippen LogP contribution in [0.4, 0.5) is 0 Å². The van der Waals surface area contributed by atoms with Gasteiger partial charge in [-0.05, 0) is 93.2 Å². The van der Waals surface area contributed by atoms with E-state index in [4.69, 9.17) is 31.7 Å². The molecule has 9 aromatic rings. The molecule has 0 radical (unpaired) electrons. The van der Waals surface area contributed by atoms with Gasteiger partial charge in [0.25, 0.3) is 0 Å². The smallest absolute Gasteiger partial charge is 0.163 e. The summed E-state index contributed by atoms with van der Waals surface area (Å²) in [5, 5.41) is 1.49. The van der Waals surface area contributed by atoms with Crippen LogP contribution in [0.5, 0.6) is 0 Å². The van der Waals surface area contributed by atoms with Gasteiger partial charge >= 0.3 is 0 Å². The van der Waals surface area contributed by atoms with E-state index >= 15 is 0 Å². The van der Waals surface area contributed by atoms with Crippen LogP contribution in [0.3, 0.4) is 0 Å². The van der Waals surface area contributed by atoms with E-state index in [-0.39, 0.29) is 39.3 Å². The zero-order chi connectivity index (χ0) is 50.9. The van der Waals surface area contributed by atoms with Gasteiger partial charge in [-0.15, -0.1) is 0 Å². The molecule has 0 bridgehead atoms. The summed E-state index contributed by atoms with van der Waals surface area (Å²) in [6.07, 6.45) is 5.41. The lowest BCUT2D eigenvalue weighted by atomic mass is 9.88. The first-order chi connectivity index (χ1) is 34.4. The molecule has 4 nitrogen and oxygen atoms in total. The van der Waals surface area contributed by atoms with Crippen molar-refractivity contribution in [1.29, 1.82) is 0 Å². The molecule has 0 amide bonds. The maximum Gasteiger partial charge on any atom is 0.163 e. The second-order valence-electron chi connectivity index (χ2n) is 14.1. The first kappa shape index (κ1) is 20.3. The van der Waals surface area contributed by atoms with Crippen LogP contribution in [0, 0.1) is 0 Å². The first-order valence-electron chi connectivity index (χ1n) is 26.6. The lowest BCUT2D eigenvalue weighted by Gasteiger charge is -2.21. The van der Waals surface area contributed by atoms with Gasteiger partial charge in [-0.25, -0.2) is 15.0 Å². The van der Waals surface area contributed by atoms with Crippen LogP contribution in [0.1, 0.15) is 88.4 Å². The molecule has 0 saturated heterocycles.